The summed E-state index contributed by atoms with van der Waals surface area (Å²) in [5.74, 6) is 1.60. The molecule has 2 aromatic carbocycles. The molecule has 0 aliphatic carbocycles. The van der Waals surface area contributed by atoms with E-state index in [0.29, 0.717) is 13.2 Å². The fourth-order valence-corrected chi connectivity index (χ4v) is 3.42. The Hall–Kier alpha value is -2.04. The van der Waals surface area contributed by atoms with Crippen LogP contribution in [0.2, 0.25) is 5.02 Å². The van der Waals surface area contributed by atoms with Gasteiger partial charge >= 0.3 is 0 Å². The van der Waals surface area contributed by atoms with E-state index in [4.69, 9.17) is 26.1 Å². The zero-order valence-electron chi connectivity index (χ0n) is 12.3. The predicted molar refractivity (Wildman–Crippen MR) is 93.6 cm³/mol. The number of aromatic nitrogens is 1. The van der Waals surface area contributed by atoms with Crippen molar-refractivity contribution >= 4 is 22.9 Å². The second-order valence-corrected chi connectivity index (χ2v) is 6.55. The van der Waals surface area contributed by atoms with E-state index >= 15 is 0 Å². The number of fused-ring (bicyclic) bond motifs is 1. The largest absolute Gasteiger partial charge is 0.490 e. The van der Waals surface area contributed by atoms with Crippen LogP contribution in [0.25, 0.3) is 21.8 Å². The first kappa shape index (κ1) is 14.5. The highest BCUT2D eigenvalue weighted by Gasteiger charge is 2.13. The number of hydrogen-bond acceptors (Lipinski definition) is 4. The van der Waals surface area contributed by atoms with Gasteiger partial charge in [0.1, 0.15) is 5.01 Å². The molecule has 0 bridgehead atoms. The lowest BCUT2D eigenvalue weighted by atomic mass is 10.1. The average Bonchev–Trinajstić information content (AvgIpc) is 2.94. The van der Waals surface area contributed by atoms with E-state index < -0.39 is 0 Å². The van der Waals surface area contributed by atoms with E-state index in [1.165, 1.54) is 0 Å². The normalized spacial score (nSPS) is 13.6. The molecule has 0 unspecified atom stereocenters. The molecule has 1 aromatic heterocycles. The van der Waals surface area contributed by atoms with Crippen LogP contribution < -0.4 is 9.47 Å². The lowest BCUT2D eigenvalue weighted by Gasteiger charge is -2.08. The summed E-state index contributed by atoms with van der Waals surface area (Å²) in [4.78, 5) is 4.73. The Morgan fingerprint density at radius 1 is 0.913 bits per heavy atom. The molecule has 23 heavy (non-hydrogen) atoms. The van der Waals surface area contributed by atoms with E-state index in [2.05, 4.69) is 5.38 Å². The third-order valence-electron chi connectivity index (χ3n) is 3.64. The quantitative estimate of drug-likeness (QED) is 0.633. The van der Waals surface area contributed by atoms with Crippen molar-refractivity contribution in [3.8, 4) is 33.3 Å². The maximum absolute atomic E-state index is 5.94. The van der Waals surface area contributed by atoms with Crippen molar-refractivity contribution < 1.29 is 9.47 Å². The minimum absolute atomic E-state index is 0.684. The minimum Gasteiger partial charge on any atom is -0.490 e. The van der Waals surface area contributed by atoms with Gasteiger partial charge in [-0.15, -0.1) is 11.3 Å². The van der Waals surface area contributed by atoms with Gasteiger partial charge < -0.3 is 9.47 Å². The van der Waals surface area contributed by atoms with Crippen LogP contribution in [-0.4, -0.2) is 18.2 Å². The molecule has 0 amide bonds. The number of rotatable bonds is 2. The topological polar surface area (TPSA) is 31.4 Å². The van der Waals surface area contributed by atoms with Gasteiger partial charge in [-0.3, -0.25) is 0 Å². The number of nitrogens with zero attached hydrogens (tertiary/aromatic N) is 1. The lowest BCUT2D eigenvalue weighted by Crippen LogP contribution is -1.97. The zero-order valence-corrected chi connectivity index (χ0v) is 13.9. The number of hydrogen-bond donors (Lipinski definition) is 0. The fourth-order valence-electron chi connectivity index (χ4n) is 2.45. The van der Waals surface area contributed by atoms with Crippen LogP contribution in [0, 0.1) is 0 Å². The average molecular weight is 344 g/mol. The Morgan fingerprint density at radius 2 is 1.65 bits per heavy atom. The summed E-state index contributed by atoms with van der Waals surface area (Å²) in [6.07, 6.45) is 0.904. The van der Waals surface area contributed by atoms with Crippen molar-refractivity contribution in [1.82, 2.24) is 4.98 Å². The molecule has 4 rings (SSSR count). The Kier molecular flexibility index (Phi) is 3.93. The Labute approximate surface area is 143 Å². The zero-order chi connectivity index (χ0) is 15.6. The molecular weight excluding hydrogens is 330 g/mol. The summed E-state index contributed by atoms with van der Waals surface area (Å²) >= 11 is 7.56. The van der Waals surface area contributed by atoms with Crippen molar-refractivity contribution in [2.75, 3.05) is 13.2 Å². The molecular formula is C18H14ClNO2S. The van der Waals surface area contributed by atoms with E-state index in [0.717, 1.165) is 44.8 Å². The molecule has 0 fully saturated rings. The molecule has 116 valence electrons. The summed E-state index contributed by atoms with van der Waals surface area (Å²) in [5.41, 5.74) is 3.04. The van der Waals surface area contributed by atoms with Gasteiger partial charge in [0.2, 0.25) is 0 Å². The van der Waals surface area contributed by atoms with Gasteiger partial charge in [0.05, 0.1) is 18.9 Å². The summed E-state index contributed by atoms with van der Waals surface area (Å²) in [5, 5.41) is 3.76. The molecule has 3 nitrogen and oxygen atoms in total. The first-order valence-corrected chi connectivity index (χ1v) is 8.67. The van der Waals surface area contributed by atoms with Crippen molar-refractivity contribution in [2.45, 2.75) is 6.42 Å². The highest BCUT2D eigenvalue weighted by molar-refractivity contribution is 7.13. The number of thiazole rings is 1. The highest BCUT2D eigenvalue weighted by atomic mass is 35.5. The van der Waals surface area contributed by atoms with E-state index in [9.17, 15) is 0 Å². The first-order chi connectivity index (χ1) is 11.3. The Balaban J connectivity index is 1.66. The van der Waals surface area contributed by atoms with Crippen molar-refractivity contribution in [2.24, 2.45) is 0 Å². The molecule has 0 N–H and O–H groups in total. The van der Waals surface area contributed by atoms with Gasteiger partial charge in [-0.2, -0.15) is 0 Å². The van der Waals surface area contributed by atoms with E-state index in [1.807, 2.05) is 42.5 Å². The van der Waals surface area contributed by atoms with Crippen molar-refractivity contribution in [3.05, 3.63) is 52.9 Å². The maximum Gasteiger partial charge on any atom is 0.161 e. The molecule has 0 saturated heterocycles. The predicted octanol–water partition coefficient (Wildman–Crippen LogP) is 5.29. The molecule has 1 aliphatic heterocycles. The van der Waals surface area contributed by atoms with Crippen LogP contribution in [-0.2, 0) is 0 Å². The molecule has 3 aromatic rings. The third kappa shape index (κ3) is 3.05. The summed E-state index contributed by atoms with van der Waals surface area (Å²) in [6.45, 7) is 1.38. The third-order valence-corrected chi connectivity index (χ3v) is 4.78. The summed E-state index contributed by atoms with van der Waals surface area (Å²) in [7, 11) is 0. The van der Waals surface area contributed by atoms with Gasteiger partial charge in [-0.05, 0) is 30.3 Å². The highest BCUT2D eigenvalue weighted by Crippen LogP contribution is 2.36. The molecule has 2 heterocycles. The second kappa shape index (κ2) is 6.22. The fraction of sp³-hybridized carbons (Fsp3) is 0.167. The van der Waals surface area contributed by atoms with E-state index in [-0.39, 0.29) is 0 Å². The number of ether oxygens (including phenoxy) is 2. The molecule has 0 saturated carbocycles. The van der Waals surface area contributed by atoms with Gasteiger partial charge in [0.15, 0.2) is 11.5 Å². The van der Waals surface area contributed by atoms with E-state index in [1.54, 1.807) is 11.3 Å². The van der Waals surface area contributed by atoms with Gasteiger partial charge in [0.25, 0.3) is 0 Å². The maximum atomic E-state index is 5.94. The second-order valence-electron chi connectivity index (χ2n) is 5.26. The van der Waals surface area contributed by atoms with Crippen LogP contribution in [0.1, 0.15) is 6.42 Å². The summed E-state index contributed by atoms with van der Waals surface area (Å²) < 4.78 is 11.4. The van der Waals surface area contributed by atoms with Crippen LogP contribution >= 0.6 is 22.9 Å². The van der Waals surface area contributed by atoms with Crippen LogP contribution in [0.3, 0.4) is 0 Å². The Bertz CT molecular complexity index is 829. The van der Waals surface area contributed by atoms with Gasteiger partial charge in [-0.1, -0.05) is 23.7 Å². The number of benzene rings is 2. The van der Waals surface area contributed by atoms with Gasteiger partial charge in [-0.25, -0.2) is 4.98 Å². The first-order valence-electron chi connectivity index (χ1n) is 7.41. The van der Waals surface area contributed by atoms with Crippen LogP contribution in [0.5, 0.6) is 11.5 Å². The smallest absolute Gasteiger partial charge is 0.161 e. The molecule has 0 radical (unpaired) electrons. The minimum atomic E-state index is 0.684. The monoisotopic (exact) mass is 343 g/mol. The Morgan fingerprint density at radius 3 is 2.48 bits per heavy atom. The molecule has 0 atom stereocenters. The van der Waals surface area contributed by atoms with Crippen molar-refractivity contribution in [3.63, 3.8) is 0 Å². The standard InChI is InChI=1S/C18H14ClNO2S/c19-14-5-2-12(3-6-14)18-20-15(11-23-18)13-4-7-16-17(10-13)22-9-1-8-21-16/h2-7,10-11H,1,8-9H2. The SMILES string of the molecule is Clc1ccc(-c2nc(-c3ccc4c(c3)OCCCO4)cs2)cc1. The summed E-state index contributed by atoms with van der Waals surface area (Å²) in [6, 6.07) is 13.7. The van der Waals surface area contributed by atoms with Crippen molar-refractivity contribution in [1.29, 1.82) is 0 Å². The van der Waals surface area contributed by atoms with Crippen LogP contribution in [0.15, 0.2) is 47.8 Å². The lowest BCUT2D eigenvalue weighted by molar-refractivity contribution is 0.297. The van der Waals surface area contributed by atoms with Crippen LogP contribution in [0.4, 0.5) is 0 Å². The molecule has 0 spiro atoms. The molecule has 5 heteroatoms. The molecule has 1 aliphatic rings. The number of halogens is 1. The van der Waals surface area contributed by atoms with Gasteiger partial charge in [0, 0.05) is 28.0 Å².